The Hall–Kier alpha value is -2.96. The van der Waals surface area contributed by atoms with Gasteiger partial charge in [0, 0.05) is 43.7 Å². The third-order valence-electron chi connectivity index (χ3n) is 4.70. The van der Waals surface area contributed by atoms with Crippen molar-refractivity contribution >= 4 is 17.7 Å². The van der Waals surface area contributed by atoms with Gasteiger partial charge in [0.05, 0.1) is 13.7 Å². The predicted octanol–water partition coefficient (Wildman–Crippen LogP) is 2.45. The number of hydrogen-bond acceptors (Lipinski definition) is 5. The Morgan fingerprint density at radius 1 is 1.19 bits per heavy atom. The van der Waals surface area contributed by atoms with Crippen molar-refractivity contribution in [2.24, 2.45) is 7.05 Å². The number of aromatic nitrogens is 2. The lowest BCUT2D eigenvalue weighted by Gasteiger charge is -2.22. The molecule has 0 bridgehead atoms. The van der Waals surface area contributed by atoms with Gasteiger partial charge in [-0.05, 0) is 37.1 Å². The van der Waals surface area contributed by atoms with E-state index in [4.69, 9.17) is 4.74 Å². The van der Waals surface area contributed by atoms with Gasteiger partial charge in [-0.3, -0.25) is 14.6 Å². The summed E-state index contributed by atoms with van der Waals surface area (Å²) in [5, 5.41) is 0. The first-order valence-electron chi connectivity index (χ1n) is 8.75. The van der Waals surface area contributed by atoms with Gasteiger partial charge in [-0.1, -0.05) is 6.92 Å². The number of carbonyl (C=O) groups excluding carboxylic acids is 3. The fourth-order valence-corrected chi connectivity index (χ4v) is 3.19. The van der Waals surface area contributed by atoms with Crippen LogP contribution >= 0.6 is 0 Å². The second-order valence-corrected chi connectivity index (χ2v) is 6.37. The van der Waals surface area contributed by atoms with Crippen molar-refractivity contribution in [1.82, 2.24) is 14.5 Å². The number of amides is 1. The van der Waals surface area contributed by atoms with Crippen molar-refractivity contribution in [1.29, 1.82) is 0 Å². The number of rotatable bonds is 7. The average Bonchev–Trinajstić information content (AvgIpc) is 2.89. The predicted molar refractivity (Wildman–Crippen MR) is 101 cm³/mol. The third-order valence-corrected chi connectivity index (χ3v) is 4.70. The number of esters is 1. The average molecular weight is 371 g/mol. The summed E-state index contributed by atoms with van der Waals surface area (Å²) in [5.41, 5.74) is 2.95. The maximum absolute atomic E-state index is 13.0. The van der Waals surface area contributed by atoms with Crippen LogP contribution in [0, 0.1) is 13.8 Å². The summed E-state index contributed by atoms with van der Waals surface area (Å²) >= 11 is 0. The summed E-state index contributed by atoms with van der Waals surface area (Å²) in [7, 11) is 3.03. The minimum absolute atomic E-state index is 0.0543. The molecule has 0 fully saturated rings. The van der Waals surface area contributed by atoms with Gasteiger partial charge in [-0.25, -0.2) is 4.79 Å². The SMILES string of the molecule is CCC(=O)N(CC(=O)c1c(C)c(C(=O)OC)n(C)c1C)Cc1ccncc1. The molecule has 2 aromatic rings. The number of methoxy groups -OCH3 is 1. The highest BCUT2D eigenvalue weighted by Gasteiger charge is 2.27. The van der Waals surface area contributed by atoms with Crippen molar-refractivity contribution < 1.29 is 19.1 Å². The van der Waals surface area contributed by atoms with Crippen LogP contribution in [0.2, 0.25) is 0 Å². The van der Waals surface area contributed by atoms with E-state index in [1.165, 1.54) is 12.0 Å². The maximum atomic E-state index is 13.0. The highest BCUT2D eigenvalue weighted by molar-refractivity contribution is 6.04. The Kier molecular flexibility index (Phi) is 6.50. The zero-order valence-electron chi connectivity index (χ0n) is 16.4. The lowest BCUT2D eigenvalue weighted by Crippen LogP contribution is -2.35. The molecule has 0 N–H and O–H groups in total. The summed E-state index contributed by atoms with van der Waals surface area (Å²) in [6.07, 6.45) is 3.61. The first-order valence-corrected chi connectivity index (χ1v) is 8.75. The van der Waals surface area contributed by atoms with Crippen LogP contribution in [0.4, 0.5) is 0 Å². The van der Waals surface area contributed by atoms with Crippen molar-refractivity contribution in [2.45, 2.75) is 33.7 Å². The normalized spacial score (nSPS) is 10.6. The first-order chi connectivity index (χ1) is 12.8. The first kappa shape index (κ1) is 20.4. The molecule has 0 spiro atoms. The van der Waals surface area contributed by atoms with Crippen LogP contribution in [0.25, 0.3) is 0 Å². The van der Waals surface area contributed by atoms with Crippen LogP contribution < -0.4 is 0 Å². The molecule has 0 radical (unpaired) electrons. The molecule has 0 aromatic carbocycles. The smallest absolute Gasteiger partial charge is 0.354 e. The Balaban J connectivity index is 2.33. The lowest BCUT2D eigenvalue weighted by atomic mass is 10.0. The van der Waals surface area contributed by atoms with Gasteiger partial charge < -0.3 is 14.2 Å². The number of Topliss-reactive ketones (excluding diaryl/α,β-unsaturated/α-hetero) is 1. The Morgan fingerprint density at radius 3 is 2.37 bits per heavy atom. The molecule has 27 heavy (non-hydrogen) atoms. The van der Waals surface area contributed by atoms with Crippen LogP contribution in [-0.2, 0) is 23.1 Å². The van der Waals surface area contributed by atoms with Crippen LogP contribution in [0.1, 0.15) is 51.0 Å². The Morgan fingerprint density at radius 2 is 1.81 bits per heavy atom. The molecule has 7 nitrogen and oxygen atoms in total. The highest BCUT2D eigenvalue weighted by Crippen LogP contribution is 2.23. The van der Waals surface area contributed by atoms with Gasteiger partial charge in [0.25, 0.3) is 0 Å². The van der Waals surface area contributed by atoms with Gasteiger partial charge in [-0.15, -0.1) is 0 Å². The van der Waals surface area contributed by atoms with E-state index in [-0.39, 0.29) is 18.2 Å². The highest BCUT2D eigenvalue weighted by atomic mass is 16.5. The van der Waals surface area contributed by atoms with E-state index in [1.807, 2.05) is 12.1 Å². The van der Waals surface area contributed by atoms with Gasteiger partial charge in [0.15, 0.2) is 5.78 Å². The fourth-order valence-electron chi connectivity index (χ4n) is 3.19. The van der Waals surface area contributed by atoms with E-state index in [9.17, 15) is 14.4 Å². The van der Waals surface area contributed by atoms with E-state index in [0.717, 1.165) is 5.56 Å². The molecule has 2 heterocycles. The fraction of sp³-hybridized carbons (Fsp3) is 0.400. The molecular formula is C20H25N3O4. The van der Waals surface area contributed by atoms with E-state index >= 15 is 0 Å². The molecule has 0 saturated carbocycles. The molecule has 2 aromatic heterocycles. The standard InChI is InChI=1S/C20H25N3O4/c1-6-17(25)23(11-15-7-9-21-10-8-15)12-16(24)18-13(2)19(20(26)27-5)22(4)14(18)3/h7-10H,6,11-12H2,1-5H3. The number of pyridine rings is 1. The largest absolute Gasteiger partial charge is 0.464 e. The molecule has 0 atom stereocenters. The van der Waals surface area contributed by atoms with E-state index < -0.39 is 5.97 Å². The summed E-state index contributed by atoms with van der Waals surface area (Å²) in [6, 6.07) is 3.63. The van der Waals surface area contributed by atoms with Gasteiger partial charge in [0.1, 0.15) is 5.69 Å². The molecule has 144 valence electrons. The zero-order valence-corrected chi connectivity index (χ0v) is 16.4. The zero-order chi connectivity index (χ0) is 20.1. The van der Waals surface area contributed by atoms with Crippen LogP contribution in [-0.4, -0.2) is 45.8 Å². The quantitative estimate of drug-likeness (QED) is 0.552. The number of hydrogen-bond donors (Lipinski definition) is 0. The third kappa shape index (κ3) is 4.24. The Labute approximate surface area is 158 Å². The van der Waals surface area contributed by atoms with E-state index in [1.54, 1.807) is 44.8 Å². The van der Waals surface area contributed by atoms with Gasteiger partial charge in [0.2, 0.25) is 5.91 Å². The molecule has 7 heteroatoms. The molecule has 0 saturated heterocycles. The molecule has 2 rings (SSSR count). The molecular weight excluding hydrogens is 346 g/mol. The second kappa shape index (κ2) is 8.62. The number of ether oxygens (including phenoxy) is 1. The lowest BCUT2D eigenvalue weighted by molar-refractivity contribution is -0.131. The van der Waals surface area contributed by atoms with Crippen LogP contribution in [0.15, 0.2) is 24.5 Å². The van der Waals surface area contributed by atoms with Crippen molar-refractivity contribution in [3.8, 4) is 0 Å². The van der Waals surface area contributed by atoms with E-state index in [2.05, 4.69) is 4.98 Å². The van der Waals surface area contributed by atoms with Crippen molar-refractivity contribution in [3.63, 3.8) is 0 Å². The number of carbonyl (C=O) groups is 3. The Bertz CT molecular complexity index is 856. The topological polar surface area (TPSA) is 81.5 Å². The minimum Gasteiger partial charge on any atom is -0.464 e. The summed E-state index contributed by atoms with van der Waals surface area (Å²) in [5.74, 6) is -0.804. The molecule has 0 unspecified atom stereocenters. The molecule has 1 amide bonds. The maximum Gasteiger partial charge on any atom is 0.354 e. The van der Waals surface area contributed by atoms with E-state index in [0.29, 0.717) is 35.5 Å². The minimum atomic E-state index is -0.490. The van der Waals surface area contributed by atoms with Crippen molar-refractivity contribution in [2.75, 3.05) is 13.7 Å². The summed E-state index contributed by atoms with van der Waals surface area (Å²) < 4.78 is 6.48. The molecule has 0 aliphatic rings. The molecule has 0 aliphatic heterocycles. The van der Waals surface area contributed by atoms with Gasteiger partial charge in [-0.2, -0.15) is 0 Å². The van der Waals surface area contributed by atoms with Crippen LogP contribution in [0.5, 0.6) is 0 Å². The monoisotopic (exact) mass is 371 g/mol. The molecule has 0 aliphatic carbocycles. The summed E-state index contributed by atoms with van der Waals surface area (Å²) in [6.45, 7) is 5.54. The number of nitrogens with zero attached hydrogens (tertiary/aromatic N) is 3. The van der Waals surface area contributed by atoms with Crippen molar-refractivity contribution in [3.05, 3.63) is 52.6 Å². The van der Waals surface area contributed by atoms with Gasteiger partial charge >= 0.3 is 5.97 Å². The summed E-state index contributed by atoms with van der Waals surface area (Å²) in [4.78, 5) is 42.9. The number of ketones is 1. The second-order valence-electron chi connectivity index (χ2n) is 6.37. The van der Waals surface area contributed by atoms with Crippen LogP contribution in [0.3, 0.4) is 0 Å².